The smallest absolute Gasteiger partial charge is 0.402 e. The van der Waals surface area contributed by atoms with Crippen LogP contribution in [0.25, 0.3) is 0 Å². The number of hydrogen-bond acceptors (Lipinski definition) is 3. The zero-order valence-corrected chi connectivity index (χ0v) is 3.59. The third-order valence-corrected chi connectivity index (χ3v) is 0.724. The van der Waals surface area contributed by atoms with Gasteiger partial charge in [0.05, 0.1) is 0 Å². The fourth-order valence-corrected chi connectivity index (χ4v) is 0.379. The van der Waals surface area contributed by atoms with Crippen LogP contribution in [0.15, 0.2) is 0 Å². The summed E-state index contributed by atoms with van der Waals surface area (Å²) in [6, 6.07) is 0. The van der Waals surface area contributed by atoms with Crippen molar-refractivity contribution in [1.29, 1.82) is 0 Å². The van der Waals surface area contributed by atoms with Gasteiger partial charge in [0.25, 0.3) is 0 Å². The Hall–Kier alpha value is -0.930. The zero-order valence-electron chi connectivity index (χ0n) is 3.59. The summed E-state index contributed by atoms with van der Waals surface area (Å²) in [6.45, 7) is 0.418. The van der Waals surface area contributed by atoms with Gasteiger partial charge in [0, 0.05) is 4.91 Å². The van der Waals surface area contributed by atoms with E-state index in [4.69, 9.17) is 0 Å². The van der Waals surface area contributed by atoms with Crippen molar-refractivity contribution in [2.45, 2.75) is 0 Å². The summed E-state index contributed by atoms with van der Waals surface area (Å²) in [5.41, 5.74) is 0. The molecule has 0 saturated carbocycles. The molecule has 0 atom stereocenters. The lowest BCUT2D eigenvalue weighted by atomic mass is 10.7. The number of nitroso groups, excluding NO2 is 1. The molecule has 0 aliphatic carbocycles. The highest BCUT2D eigenvalue weighted by molar-refractivity contribution is 5.58. The van der Waals surface area contributed by atoms with Gasteiger partial charge in [0.2, 0.25) is 6.54 Å². The van der Waals surface area contributed by atoms with Crippen molar-refractivity contribution >= 4 is 6.09 Å². The van der Waals surface area contributed by atoms with Gasteiger partial charge < -0.3 is 4.74 Å². The lowest BCUT2D eigenvalue weighted by Gasteiger charge is -1.69. The predicted octanol–water partition coefficient (Wildman–Crippen LogP) is -0.0845. The van der Waals surface area contributed by atoms with Crippen molar-refractivity contribution in [3.05, 3.63) is 4.91 Å². The molecule has 0 bridgehead atoms. The van der Waals surface area contributed by atoms with E-state index >= 15 is 0 Å². The molecule has 1 amide bonds. The van der Waals surface area contributed by atoms with Crippen molar-refractivity contribution < 1.29 is 14.3 Å². The van der Waals surface area contributed by atoms with Crippen molar-refractivity contribution in [3.8, 4) is 0 Å². The maximum atomic E-state index is 10.0. The summed E-state index contributed by atoms with van der Waals surface area (Å²) >= 11 is 0. The highest BCUT2D eigenvalue weighted by atomic mass is 16.6. The molecule has 0 N–H and O–H groups in total. The van der Waals surface area contributed by atoms with Gasteiger partial charge in [0.1, 0.15) is 4.76 Å². The van der Waals surface area contributed by atoms with Gasteiger partial charge in [-0.05, 0) is 0 Å². The third kappa shape index (κ3) is 0.581. The molecule has 1 fully saturated rings. The summed E-state index contributed by atoms with van der Waals surface area (Å²) in [7, 11) is 0. The summed E-state index contributed by atoms with van der Waals surface area (Å²) in [4.78, 5) is 20.0. The topological polar surface area (TPSA) is 46.4 Å². The largest absolute Gasteiger partial charge is 0.645 e. The second-order valence-corrected chi connectivity index (χ2v) is 1.22. The first-order chi connectivity index (χ1) is 3.30. The first kappa shape index (κ1) is 4.23. The van der Waals surface area contributed by atoms with Crippen LogP contribution in [0.3, 0.4) is 0 Å². The van der Waals surface area contributed by atoms with Gasteiger partial charge >= 0.3 is 6.09 Å². The van der Waals surface area contributed by atoms with E-state index in [9.17, 15) is 9.70 Å². The van der Waals surface area contributed by atoms with E-state index in [0.29, 0.717) is 4.76 Å². The van der Waals surface area contributed by atoms with Gasteiger partial charge in [-0.15, -0.1) is 0 Å². The van der Waals surface area contributed by atoms with E-state index in [1.807, 2.05) is 0 Å². The van der Waals surface area contributed by atoms with E-state index < -0.39 is 6.09 Å². The minimum Gasteiger partial charge on any atom is -0.402 e. The molecule has 38 valence electrons. The van der Waals surface area contributed by atoms with Crippen LogP contribution in [-0.2, 0) is 4.74 Å². The highest BCUT2D eigenvalue weighted by Gasteiger charge is 2.31. The summed E-state index contributed by atoms with van der Waals surface area (Å²) in [6.07, 6.45) is -0.764. The molecule has 0 aromatic carbocycles. The minimum atomic E-state index is -0.764. The summed E-state index contributed by atoms with van der Waals surface area (Å²) in [5.74, 6) is 0. The van der Waals surface area contributed by atoms with Crippen LogP contribution in [0.4, 0.5) is 4.79 Å². The fraction of sp³-hybridized carbons (Fsp3) is 0.667. The first-order valence-corrected chi connectivity index (χ1v) is 1.92. The van der Waals surface area contributed by atoms with Crippen LogP contribution in [0.2, 0.25) is 0 Å². The molecule has 0 radical (unpaired) electrons. The average Bonchev–Trinajstić information content (AvgIpc) is 1.91. The second-order valence-electron chi connectivity index (χ2n) is 1.22. The lowest BCUT2D eigenvalue weighted by molar-refractivity contribution is -0.435. The molecule has 1 saturated heterocycles. The number of cyclic esters (lactones) is 1. The molecule has 1 rings (SSSR count). The van der Waals surface area contributed by atoms with Gasteiger partial charge in [-0.1, -0.05) is 0 Å². The van der Waals surface area contributed by atoms with Crippen LogP contribution < -0.4 is 0 Å². The highest BCUT2D eigenvalue weighted by Crippen LogP contribution is 1.92. The number of ether oxygens (including phenoxy) is 1. The number of amides is 1. The van der Waals surface area contributed by atoms with Crippen molar-refractivity contribution in [2.75, 3.05) is 13.2 Å². The number of hydrogen-bond donors (Lipinski definition) is 0. The maximum Gasteiger partial charge on any atom is 0.645 e. The Bertz CT molecular complexity index is 105. The number of carbonyl (C=O) groups is 1. The molecule has 1 heterocycles. The molecule has 4 heteroatoms. The van der Waals surface area contributed by atoms with Gasteiger partial charge in [-0.3, -0.25) is 0 Å². The molecule has 1 aliphatic rings. The Kier molecular flexibility index (Phi) is 0.780. The Morgan fingerprint density at radius 1 is 1.71 bits per heavy atom. The predicted molar refractivity (Wildman–Crippen MR) is 19.8 cm³/mol. The van der Waals surface area contributed by atoms with E-state index in [1.165, 1.54) is 0 Å². The summed E-state index contributed by atoms with van der Waals surface area (Å²) in [5, 5.41) is 0. The van der Waals surface area contributed by atoms with Crippen molar-refractivity contribution in [2.24, 2.45) is 0 Å². The van der Waals surface area contributed by atoms with Crippen LogP contribution in [0.1, 0.15) is 0 Å². The molecule has 0 spiro atoms. The number of nitrogens with zero attached hydrogens (tertiary/aromatic N) is 1. The van der Waals surface area contributed by atoms with E-state index in [2.05, 4.69) is 4.74 Å². The molecule has 4 nitrogen and oxygen atoms in total. The first-order valence-electron chi connectivity index (χ1n) is 1.92. The Morgan fingerprint density at radius 2 is 2.43 bits per heavy atom. The second kappa shape index (κ2) is 1.29. The Labute approximate surface area is 39.6 Å². The van der Waals surface area contributed by atoms with Gasteiger partial charge in [-0.2, -0.15) is 4.79 Å². The summed E-state index contributed by atoms with van der Waals surface area (Å²) < 4.78 is 4.53. The van der Waals surface area contributed by atoms with Crippen molar-refractivity contribution in [1.82, 2.24) is 0 Å². The molecule has 0 aromatic heterocycles. The van der Waals surface area contributed by atoms with E-state index in [-0.39, 0.29) is 13.2 Å². The van der Waals surface area contributed by atoms with Gasteiger partial charge in [0.15, 0.2) is 6.61 Å². The maximum absolute atomic E-state index is 10.0. The molecule has 1 aliphatic heterocycles. The quantitative estimate of drug-likeness (QED) is 0.402. The van der Waals surface area contributed by atoms with Crippen molar-refractivity contribution in [3.63, 3.8) is 0 Å². The standard InChI is InChI=1S/C3H4NO3/c5-3-4(6)1-2-7-3/h1-2H2/q+1. The Balaban J connectivity index is 2.65. The third-order valence-electron chi connectivity index (χ3n) is 0.724. The zero-order chi connectivity index (χ0) is 5.28. The molecular formula is C3H4NO3+. The molecule has 0 unspecified atom stereocenters. The van der Waals surface area contributed by atoms with Crippen LogP contribution >= 0.6 is 0 Å². The average molecular weight is 102 g/mol. The minimum absolute atomic E-state index is 0.179. The molecule has 7 heavy (non-hydrogen) atoms. The number of rotatable bonds is 0. The van der Waals surface area contributed by atoms with Gasteiger partial charge in [-0.25, -0.2) is 0 Å². The normalized spacial score (nSPS) is 20.0. The fourth-order valence-electron chi connectivity index (χ4n) is 0.379. The molecular weight excluding hydrogens is 98.0 g/mol. The monoisotopic (exact) mass is 102 g/mol. The van der Waals surface area contributed by atoms with E-state index in [1.54, 1.807) is 0 Å². The molecule has 0 aromatic rings. The Morgan fingerprint density at radius 3 is 2.57 bits per heavy atom. The SMILES string of the molecule is O=C1OCC[N+]1=O. The lowest BCUT2D eigenvalue weighted by Crippen LogP contribution is -2.06. The van der Waals surface area contributed by atoms with E-state index in [0.717, 1.165) is 0 Å². The van der Waals surface area contributed by atoms with Crippen LogP contribution in [0, 0.1) is 4.91 Å². The van der Waals surface area contributed by atoms with Crippen LogP contribution in [-0.4, -0.2) is 24.0 Å². The van der Waals surface area contributed by atoms with Crippen LogP contribution in [0.5, 0.6) is 0 Å². The number of carbonyl (C=O) groups excluding carboxylic acids is 1.